The van der Waals surface area contributed by atoms with Crippen LogP contribution in [-0.2, 0) is 11.3 Å². The zero-order valence-corrected chi connectivity index (χ0v) is 14.6. The Balaban J connectivity index is 1.55. The summed E-state index contributed by atoms with van der Waals surface area (Å²) >= 11 is 0. The predicted octanol–water partition coefficient (Wildman–Crippen LogP) is 4.32. The van der Waals surface area contributed by atoms with Gasteiger partial charge in [-0.25, -0.2) is 4.39 Å². The summed E-state index contributed by atoms with van der Waals surface area (Å²) in [4.78, 5) is 12.0. The monoisotopic (exact) mass is 387 g/mol. The molecule has 0 bridgehead atoms. The van der Waals surface area contributed by atoms with Crippen molar-refractivity contribution in [1.29, 1.82) is 0 Å². The molecule has 3 aromatic rings. The highest BCUT2D eigenvalue weighted by Gasteiger charge is 2.06. The summed E-state index contributed by atoms with van der Waals surface area (Å²) in [5.74, 6) is -0.371. The number of ether oxygens (including phenoxy) is 1. The summed E-state index contributed by atoms with van der Waals surface area (Å²) in [5.41, 5.74) is 1.13. The number of halogens is 3. The van der Waals surface area contributed by atoms with E-state index in [0.717, 1.165) is 0 Å². The molecule has 0 radical (unpaired) electrons. The van der Waals surface area contributed by atoms with Crippen LogP contribution in [0.25, 0.3) is 6.08 Å². The van der Waals surface area contributed by atoms with E-state index in [2.05, 4.69) is 15.2 Å². The number of alkyl halides is 2. The van der Waals surface area contributed by atoms with E-state index in [1.54, 1.807) is 42.6 Å². The maximum atomic E-state index is 13.7. The van der Waals surface area contributed by atoms with Gasteiger partial charge in [-0.3, -0.25) is 9.48 Å². The number of amides is 1. The number of carbonyl (C=O) groups excluding carboxylic acids is 1. The average Bonchev–Trinajstić information content (AvgIpc) is 3.09. The first-order chi connectivity index (χ1) is 13.5. The maximum absolute atomic E-state index is 13.7. The third kappa shape index (κ3) is 5.47. The van der Waals surface area contributed by atoms with E-state index in [0.29, 0.717) is 16.9 Å². The highest BCUT2D eigenvalue weighted by Crippen LogP contribution is 2.16. The summed E-state index contributed by atoms with van der Waals surface area (Å²) in [5, 5.41) is 6.77. The van der Waals surface area contributed by atoms with Crippen molar-refractivity contribution in [2.24, 2.45) is 0 Å². The van der Waals surface area contributed by atoms with Gasteiger partial charge in [0.25, 0.3) is 0 Å². The van der Waals surface area contributed by atoms with Crippen molar-refractivity contribution < 1.29 is 22.7 Å². The molecular formula is C20H16F3N3O2. The molecule has 2 aromatic carbocycles. The van der Waals surface area contributed by atoms with Gasteiger partial charge in [0.2, 0.25) is 5.91 Å². The first kappa shape index (κ1) is 19.2. The van der Waals surface area contributed by atoms with E-state index in [4.69, 9.17) is 0 Å². The fourth-order valence-corrected chi connectivity index (χ4v) is 2.42. The fraction of sp³-hybridized carbons (Fsp3) is 0.100. The van der Waals surface area contributed by atoms with Crippen molar-refractivity contribution in [2.45, 2.75) is 13.2 Å². The molecule has 0 spiro atoms. The Hall–Kier alpha value is -3.55. The minimum absolute atomic E-state index is 0.0389. The zero-order chi connectivity index (χ0) is 19.9. The van der Waals surface area contributed by atoms with Gasteiger partial charge in [0.1, 0.15) is 11.6 Å². The normalized spacial score (nSPS) is 11.1. The molecule has 0 aliphatic carbocycles. The van der Waals surface area contributed by atoms with Crippen molar-refractivity contribution in [1.82, 2.24) is 9.78 Å². The van der Waals surface area contributed by atoms with Crippen LogP contribution in [0.4, 0.5) is 19.0 Å². The number of carbonyl (C=O) groups is 1. The molecule has 8 heteroatoms. The third-order valence-corrected chi connectivity index (χ3v) is 3.71. The number of hydrogen-bond acceptors (Lipinski definition) is 3. The van der Waals surface area contributed by atoms with Crippen molar-refractivity contribution in [3.8, 4) is 5.75 Å². The van der Waals surface area contributed by atoms with E-state index in [1.807, 2.05) is 0 Å². The van der Waals surface area contributed by atoms with Crippen LogP contribution < -0.4 is 10.1 Å². The molecule has 1 aromatic heterocycles. The molecule has 3 rings (SSSR count). The first-order valence-corrected chi connectivity index (χ1v) is 8.30. The molecular weight excluding hydrogens is 371 g/mol. The van der Waals surface area contributed by atoms with Crippen LogP contribution in [-0.4, -0.2) is 22.3 Å². The number of anilines is 1. The number of nitrogens with zero attached hydrogens (tertiary/aromatic N) is 2. The quantitative estimate of drug-likeness (QED) is 0.614. The topological polar surface area (TPSA) is 56.1 Å². The molecule has 5 nitrogen and oxygen atoms in total. The summed E-state index contributed by atoms with van der Waals surface area (Å²) in [6, 6.07) is 13.8. The molecule has 28 heavy (non-hydrogen) atoms. The molecule has 0 atom stereocenters. The standard InChI is InChI=1S/C20H16F3N3O2/c21-17-4-2-1-3-15(17)13-26-12-11-18(25-26)24-19(27)10-7-14-5-8-16(9-6-14)28-20(22)23/h1-12,20H,13H2,(H,24,25,27)/b10-7-. The minimum atomic E-state index is -2.88. The molecule has 0 unspecified atom stereocenters. The lowest BCUT2D eigenvalue weighted by Gasteiger charge is -2.04. The molecule has 1 amide bonds. The Morgan fingerprint density at radius 2 is 1.89 bits per heavy atom. The summed E-state index contributed by atoms with van der Waals surface area (Å²) in [6.45, 7) is -2.64. The van der Waals surface area contributed by atoms with Gasteiger partial charge in [-0.05, 0) is 29.8 Å². The fourth-order valence-electron chi connectivity index (χ4n) is 2.42. The molecule has 0 fully saturated rings. The highest BCUT2D eigenvalue weighted by atomic mass is 19.3. The molecule has 0 saturated carbocycles. The number of benzene rings is 2. The van der Waals surface area contributed by atoms with Crippen LogP contribution in [0, 0.1) is 5.82 Å². The van der Waals surface area contributed by atoms with Crippen LogP contribution in [0.15, 0.2) is 66.9 Å². The second-order valence-electron chi connectivity index (χ2n) is 5.76. The average molecular weight is 387 g/mol. The summed E-state index contributed by atoms with van der Waals surface area (Å²) in [6.07, 6.45) is 4.45. The van der Waals surface area contributed by atoms with Gasteiger partial charge in [-0.1, -0.05) is 30.3 Å². The largest absolute Gasteiger partial charge is 0.435 e. The minimum Gasteiger partial charge on any atom is -0.435 e. The lowest BCUT2D eigenvalue weighted by atomic mass is 10.2. The van der Waals surface area contributed by atoms with Crippen LogP contribution >= 0.6 is 0 Å². The SMILES string of the molecule is O=C(/C=C\c1ccc(OC(F)F)cc1)Nc1ccn(Cc2ccccc2F)n1. The van der Waals surface area contributed by atoms with Crippen molar-refractivity contribution in [2.75, 3.05) is 5.32 Å². The van der Waals surface area contributed by atoms with Crippen LogP contribution in [0.1, 0.15) is 11.1 Å². The van der Waals surface area contributed by atoms with Crippen molar-refractivity contribution in [3.63, 3.8) is 0 Å². The zero-order valence-electron chi connectivity index (χ0n) is 14.6. The number of hydrogen-bond donors (Lipinski definition) is 1. The van der Waals surface area contributed by atoms with Crippen molar-refractivity contribution >= 4 is 17.8 Å². The van der Waals surface area contributed by atoms with Gasteiger partial charge in [0, 0.05) is 23.9 Å². The highest BCUT2D eigenvalue weighted by molar-refractivity contribution is 6.01. The summed E-state index contributed by atoms with van der Waals surface area (Å²) in [7, 11) is 0. The molecule has 0 saturated heterocycles. The van der Waals surface area contributed by atoms with Crippen LogP contribution in [0.5, 0.6) is 5.75 Å². The van der Waals surface area contributed by atoms with Gasteiger partial charge in [-0.15, -0.1) is 0 Å². The summed E-state index contributed by atoms with van der Waals surface area (Å²) < 4.78 is 43.7. The van der Waals surface area contributed by atoms with Crippen LogP contribution in [0.3, 0.4) is 0 Å². The van der Waals surface area contributed by atoms with Gasteiger partial charge in [0.15, 0.2) is 5.82 Å². The van der Waals surface area contributed by atoms with Gasteiger partial charge >= 0.3 is 6.61 Å². The number of rotatable bonds is 7. The molecule has 1 N–H and O–H groups in total. The smallest absolute Gasteiger partial charge is 0.387 e. The van der Waals surface area contributed by atoms with E-state index >= 15 is 0 Å². The van der Waals surface area contributed by atoms with Gasteiger partial charge in [-0.2, -0.15) is 13.9 Å². The number of aromatic nitrogens is 2. The van der Waals surface area contributed by atoms with Gasteiger partial charge in [0.05, 0.1) is 6.54 Å². The Bertz CT molecular complexity index is 969. The van der Waals surface area contributed by atoms with E-state index in [9.17, 15) is 18.0 Å². The van der Waals surface area contributed by atoms with E-state index < -0.39 is 12.5 Å². The molecule has 0 aliphatic heterocycles. The predicted molar refractivity (Wildman–Crippen MR) is 98.5 cm³/mol. The second kappa shape index (κ2) is 8.90. The molecule has 144 valence electrons. The van der Waals surface area contributed by atoms with E-state index in [-0.39, 0.29) is 18.1 Å². The molecule has 1 heterocycles. The Kier molecular flexibility index (Phi) is 6.11. The third-order valence-electron chi connectivity index (χ3n) is 3.71. The second-order valence-corrected chi connectivity index (χ2v) is 5.76. The first-order valence-electron chi connectivity index (χ1n) is 8.30. The molecule has 0 aliphatic rings. The lowest BCUT2D eigenvalue weighted by molar-refractivity contribution is -0.111. The van der Waals surface area contributed by atoms with Gasteiger partial charge < -0.3 is 10.1 Å². The maximum Gasteiger partial charge on any atom is 0.387 e. The van der Waals surface area contributed by atoms with E-state index in [1.165, 1.54) is 35.0 Å². The lowest BCUT2D eigenvalue weighted by Crippen LogP contribution is -2.09. The Morgan fingerprint density at radius 1 is 1.14 bits per heavy atom. The van der Waals surface area contributed by atoms with Crippen LogP contribution in [0.2, 0.25) is 0 Å². The number of nitrogens with one attached hydrogen (secondary N) is 1. The Morgan fingerprint density at radius 3 is 2.61 bits per heavy atom. The van der Waals surface area contributed by atoms with Crippen molar-refractivity contribution in [3.05, 3.63) is 83.8 Å². The Labute approximate surface area is 159 Å².